The second-order valence-electron chi connectivity index (χ2n) is 5.35. The van der Waals surface area contributed by atoms with Gasteiger partial charge in [-0.2, -0.15) is 15.0 Å². The summed E-state index contributed by atoms with van der Waals surface area (Å²) in [6.07, 6.45) is 5.14. The highest BCUT2D eigenvalue weighted by Crippen LogP contribution is 2.28. The molecule has 1 heterocycles. The average Bonchev–Trinajstić information content (AvgIpc) is 2.47. The van der Waals surface area contributed by atoms with Gasteiger partial charge in [0, 0.05) is 6.54 Å². The lowest BCUT2D eigenvalue weighted by Gasteiger charge is -2.26. The van der Waals surface area contributed by atoms with Gasteiger partial charge in [-0.3, -0.25) is 5.43 Å². The summed E-state index contributed by atoms with van der Waals surface area (Å²) in [5, 5.41) is 3.26. The van der Waals surface area contributed by atoms with Gasteiger partial charge in [0.2, 0.25) is 11.9 Å². The fourth-order valence-corrected chi connectivity index (χ4v) is 2.46. The first-order valence-electron chi connectivity index (χ1n) is 7.30. The maximum Gasteiger partial charge on any atom is 0.323 e. The predicted molar refractivity (Wildman–Crippen MR) is 78.4 cm³/mol. The Balaban J connectivity index is 1.92. The van der Waals surface area contributed by atoms with Crippen LogP contribution in [0.3, 0.4) is 0 Å². The van der Waals surface area contributed by atoms with E-state index in [-0.39, 0.29) is 6.01 Å². The molecule has 1 aromatic heterocycles. The lowest BCUT2D eigenvalue weighted by molar-refractivity contribution is 0.299. The third-order valence-corrected chi connectivity index (χ3v) is 3.70. The molecule has 0 unspecified atom stereocenters. The second kappa shape index (κ2) is 7.23. The molecular weight excluding hydrogens is 256 g/mol. The lowest BCUT2D eigenvalue weighted by Crippen LogP contribution is -2.22. The van der Waals surface area contributed by atoms with Gasteiger partial charge >= 0.3 is 6.01 Å². The molecule has 0 aromatic carbocycles. The summed E-state index contributed by atoms with van der Waals surface area (Å²) in [4.78, 5) is 12.4. The number of aromatic nitrogens is 3. The number of ether oxygens (including phenoxy) is 1. The Morgan fingerprint density at radius 3 is 2.50 bits per heavy atom. The maximum absolute atomic E-state index is 5.35. The lowest BCUT2D eigenvalue weighted by atomic mass is 9.83. The van der Waals surface area contributed by atoms with Crippen molar-refractivity contribution in [3.63, 3.8) is 0 Å². The van der Waals surface area contributed by atoms with Gasteiger partial charge in [-0.25, -0.2) is 5.84 Å². The topological polar surface area (TPSA) is 98.0 Å². The van der Waals surface area contributed by atoms with E-state index < -0.39 is 0 Å². The Morgan fingerprint density at radius 2 is 1.85 bits per heavy atom. The van der Waals surface area contributed by atoms with Gasteiger partial charge in [0.1, 0.15) is 0 Å². The van der Waals surface area contributed by atoms with E-state index in [4.69, 9.17) is 10.6 Å². The SMILES string of the molecule is CCOc1nc(NN)nc(NCC2CCC(C)CC2)n1. The molecule has 1 aliphatic carbocycles. The number of hydrogen-bond acceptors (Lipinski definition) is 7. The molecule has 112 valence electrons. The molecule has 0 saturated heterocycles. The van der Waals surface area contributed by atoms with E-state index in [0.29, 0.717) is 24.4 Å². The van der Waals surface area contributed by atoms with E-state index >= 15 is 0 Å². The number of nitrogen functional groups attached to an aromatic ring is 1. The van der Waals surface area contributed by atoms with E-state index in [1.165, 1.54) is 25.7 Å². The molecule has 1 saturated carbocycles. The number of hydrogen-bond donors (Lipinski definition) is 3. The average molecular weight is 280 g/mol. The smallest absolute Gasteiger partial charge is 0.323 e. The van der Waals surface area contributed by atoms with Crippen LogP contribution in [0.15, 0.2) is 0 Å². The number of nitrogens with two attached hydrogens (primary N) is 1. The molecule has 1 aromatic rings. The van der Waals surface area contributed by atoms with E-state index in [0.717, 1.165) is 12.5 Å². The summed E-state index contributed by atoms with van der Waals surface area (Å²) in [7, 11) is 0. The quantitative estimate of drug-likeness (QED) is 0.540. The first-order valence-corrected chi connectivity index (χ1v) is 7.30. The van der Waals surface area contributed by atoms with Crippen LogP contribution in [0.25, 0.3) is 0 Å². The molecule has 1 aliphatic rings. The Hall–Kier alpha value is -1.63. The van der Waals surface area contributed by atoms with Crippen LogP contribution in [-0.2, 0) is 0 Å². The summed E-state index contributed by atoms with van der Waals surface area (Å²) in [6, 6.07) is 0.287. The van der Waals surface area contributed by atoms with Crippen LogP contribution in [0.4, 0.5) is 11.9 Å². The number of hydrazine groups is 1. The van der Waals surface area contributed by atoms with Crippen molar-refractivity contribution in [2.24, 2.45) is 17.7 Å². The van der Waals surface area contributed by atoms with Crippen LogP contribution >= 0.6 is 0 Å². The number of nitrogens with zero attached hydrogens (tertiary/aromatic N) is 3. The first-order chi connectivity index (χ1) is 9.71. The van der Waals surface area contributed by atoms with Crippen molar-refractivity contribution in [1.82, 2.24) is 15.0 Å². The molecule has 1 fully saturated rings. The van der Waals surface area contributed by atoms with Gasteiger partial charge < -0.3 is 10.1 Å². The van der Waals surface area contributed by atoms with Gasteiger partial charge in [-0.05, 0) is 31.6 Å². The highest BCUT2D eigenvalue weighted by Gasteiger charge is 2.18. The van der Waals surface area contributed by atoms with E-state index in [1.54, 1.807) is 0 Å². The zero-order valence-electron chi connectivity index (χ0n) is 12.2. The highest BCUT2D eigenvalue weighted by molar-refractivity contribution is 5.34. The van der Waals surface area contributed by atoms with Crippen molar-refractivity contribution in [2.45, 2.75) is 39.5 Å². The van der Waals surface area contributed by atoms with Crippen molar-refractivity contribution in [2.75, 3.05) is 23.9 Å². The first kappa shape index (κ1) is 14.8. The normalized spacial score (nSPS) is 22.4. The van der Waals surface area contributed by atoms with Gasteiger partial charge in [0.25, 0.3) is 0 Å². The molecule has 7 nitrogen and oxygen atoms in total. The molecule has 20 heavy (non-hydrogen) atoms. The van der Waals surface area contributed by atoms with Crippen molar-refractivity contribution < 1.29 is 4.74 Å². The van der Waals surface area contributed by atoms with Crippen LogP contribution in [-0.4, -0.2) is 28.1 Å². The minimum atomic E-state index is 0.287. The van der Waals surface area contributed by atoms with Crippen molar-refractivity contribution in [1.29, 1.82) is 0 Å². The van der Waals surface area contributed by atoms with Crippen LogP contribution in [0.1, 0.15) is 39.5 Å². The highest BCUT2D eigenvalue weighted by atomic mass is 16.5. The predicted octanol–water partition coefficient (Wildman–Crippen LogP) is 1.79. The molecule has 0 aliphatic heterocycles. The van der Waals surface area contributed by atoms with E-state index in [9.17, 15) is 0 Å². The molecule has 0 bridgehead atoms. The van der Waals surface area contributed by atoms with Crippen molar-refractivity contribution in [3.8, 4) is 6.01 Å². The Labute approximate surface area is 119 Å². The van der Waals surface area contributed by atoms with Crippen molar-refractivity contribution in [3.05, 3.63) is 0 Å². The Bertz CT molecular complexity index is 419. The fourth-order valence-electron chi connectivity index (χ4n) is 2.46. The standard InChI is InChI=1S/C13H24N6O/c1-3-20-13-17-11(16-12(18-13)19-14)15-8-10-6-4-9(2)5-7-10/h9-10H,3-8,14H2,1-2H3,(H2,15,16,17,18,19). The molecule has 0 atom stereocenters. The zero-order valence-corrected chi connectivity index (χ0v) is 12.2. The molecule has 2 rings (SSSR count). The van der Waals surface area contributed by atoms with Gasteiger partial charge in [0.15, 0.2) is 0 Å². The Kier molecular flexibility index (Phi) is 5.34. The third-order valence-electron chi connectivity index (χ3n) is 3.70. The molecule has 0 radical (unpaired) electrons. The molecule has 0 spiro atoms. The monoisotopic (exact) mass is 280 g/mol. The summed E-state index contributed by atoms with van der Waals surface area (Å²) in [5.74, 6) is 7.72. The van der Waals surface area contributed by atoms with Gasteiger partial charge in [-0.1, -0.05) is 19.8 Å². The summed E-state index contributed by atoms with van der Waals surface area (Å²) in [6.45, 7) is 5.60. The number of rotatable bonds is 6. The maximum atomic E-state index is 5.35. The molecule has 7 heteroatoms. The summed E-state index contributed by atoms with van der Waals surface area (Å²) < 4.78 is 5.30. The molecule has 4 N–H and O–H groups in total. The van der Waals surface area contributed by atoms with Crippen molar-refractivity contribution >= 4 is 11.9 Å². The Morgan fingerprint density at radius 1 is 1.15 bits per heavy atom. The largest absolute Gasteiger partial charge is 0.464 e. The molecular formula is C13H24N6O. The van der Waals surface area contributed by atoms with Gasteiger partial charge in [-0.15, -0.1) is 0 Å². The molecule has 0 amide bonds. The second-order valence-corrected chi connectivity index (χ2v) is 5.35. The van der Waals surface area contributed by atoms with E-state index in [2.05, 4.69) is 32.6 Å². The van der Waals surface area contributed by atoms with Crippen LogP contribution in [0, 0.1) is 11.8 Å². The minimum Gasteiger partial charge on any atom is -0.464 e. The van der Waals surface area contributed by atoms with Crippen LogP contribution in [0.2, 0.25) is 0 Å². The van der Waals surface area contributed by atoms with Crippen LogP contribution in [0.5, 0.6) is 6.01 Å². The third kappa shape index (κ3) is 4.19. The fraction of sp³-hybridized carbons (Fsp3) is 0.769. The van der Waals surface area contributed by atoms with E-state index in [1.807, 2.05) is 6.92 Å². The van der Waals surface area contributed by atoms with Gasteiger partial charge in [0.05, 0.1) is 6.61 Å². The number of anilines is 2. The summed E-state index contributed by atoms with van der Waals surface area (Å²) in [5.41, 5.74) is 2.43. The zero-order chi connectivity index (χ0) is 14.4. The summed E-state index contributed by atoms with van der Waals surface area (Å²) >= 11 is 0. The van der Waals surface area contributed by atoms with Crippen LogP contribution < -0.4 is 21.3 Å². The minimum absolute atomic E-state index is 0.287. The number of nitrogens with one attached hydrogen (secondary N) is 2.